The first-order chi connectivity index (χ1) is 9.20. The lowest BCUT2D eigenvalue weighted by molar-refractivity contribution is 0.289. The predicted octanol–water partition coefficient (Wildman–Crippen LogP) is 3.86. The van der Waals surface area contributed by atoms with Crippen LogP contribution in [0.15, 0.2) is 15.2 Å². The average molecular weight is 343 g/mol. The zero-order valence-corrected chi connectivity index (χ0v) is 14.0. The molecule has 106 valence electrons. The summed E-state index contributed by atoms with van der Waals surface area (Å²) in [7, 11) is 2.25. The second-order valence-corrected chi connectivity index (χ2v) is 8.50. The topological polar surface area (TPSA) is 15.3 Å². The molecule has 4 heteroatoms. The molecule has 19 heavy (non-hydrogen) atoms. The first-order valence-electron chi connectivity index (χ1n) is 7.38. The molecular formula is C15H23BrN2S. The van der Waals surface area contributed by atoms with Gasteiger partial charge in [0.2, 0.25) is 0 Å². The van der Waals surface area contributed by atoms with E-state index in [9.17, 15) is 0 Å². The molecule has 2 fully saturated rings. The summed E-state index contributed by atoms with van der Waals surface area (Å²) in [5.74, 6) is 0.961. The summed E-state index contributed by atoms with van der Waals surface area (Å²) in [4.78, 5) is 2.46. The van der Waals surface area contributed by atoms with Gasteiger partial charge in [-0.1, -0.05) is 12.8 Å². The van der Waals surface area contributed by atoms with E-state index in [0.29, 0.717) is 6.04 Å². The Bertz CT molecular complexity index is 406. The van der Waals surface area contributed by atoms with Crippen molar-refractivity contribution in [3.63, 3.8) is 0 Å². The van der Waals surface area contributed by atoms with E-state index < -0.39 is 0 Å². The summed E-state index contributed by atoms with van der Waals surface area (Å²) in [6, 6.07) is 3.77. The summed E-state index contributed by atoms with van der Waals surface area (Å²) in [5.41, 5.74) is 1.43. The maximum absolute atomic E-state index is 3.87. The minimum Gasteiger partial charge on any atom is -0.310 e. The average Bonchev–Trinajstić information content (AvgIpc) is 2.94. The lowest BCUT2D eigenvalue weighted by atomic mass is 9.85. The highest BCUT2D eigenvalue weighted by atomic mass is 79.9. The Balaban J connectivity index is 1.48. The van der Waals surface area contributed by atoms with Crippen LogP contribution in [-0.4, -0.2) is 30.6 Å². The molecule has 2 nitrogen and oxygen atoms in total. The normalized spacial score (nSPS) is 30.8. The first-order valence-corrected chi connectivity index (χ1v) is 9.05. The molecule has 0 amide bonds. The fourth-order valence-electron chi connectivity index (χ4n) is 3.75. The molecule has 2 aliphatic rings. The maximum Gasteiger partial charge on any atom is 0.0701 e. The highest BCUT2D eigenvalue weighted by Crippen LogP contribution is 2.33. The Morgan fingerprint density at radius 3 is 3.00 bits per heavy atom. The van der Waals surface area contributed by atoms with E-state index in [1.807, 2.05) is 0 Å². The number of rotatable bonds is 4. The summed E-state index contributed by atoms with van der Waals surface area (Å²) in [5, 5.41) is 6.12. The minimum absolute atomic E-state index is 0.708. The standard InChI is InChI=1S/C15H23BrN2S/c1-18(8-11-6-15(16)19-10-11)9-13-7-12-4-2-3-5-14(12)17-13/h6,10,12-14,17H,2-5,7-9H2,1H3. The van der Waals surface area contributed by atoms with Gasteiger partial charge in [0.05, 0.1) is 3.79 Å². The largest absolute Gasteiger partial charge is 0.310 e. The third-order valence-corrected chi connectivity index (χ3v) is 6.11. The molecule has 0 bridgehead atoms. The van der Waals surface area contributed by atoms with Gasteiger partial charge < -0.3 is 10.2 Å². The molecule has 3 atom stereocenters. The van der Waals surface area contributed by atoms with Gasteiger partial charge in [-0.2, -0.15) is 0 Å². The molecule has 1 aromatic rings. The van der Waals surface area contributed by atoms with Gasteiger partial charge >= 0.3 is 0 Å². The number of hydrogen-bond donors (Lipinski definition) is 1. The fourth-order valence-corrected chi connectivity index (χ4v) is 4.95. The van der Waals surface area contributed by atoms with E-state index >= 15 is 0 Å². The quantitative estimate of drug-likeness (QED) is 0.893. The van der Waals surface area contributed by atoms with Crippen LogP contribution in [-0.2, 0) is 6.54 Å². The van der Waals surface area contributed by atoms with Crippen LogP contribution in [0.2, 0.25) is 0 Å². The Labute approximate surface area is 128 Å². The third-order valence-electron chi connectivity index (χ3n) is 4.55. The van der Waals surface area contributed by atoms with Crippen LogP contribution >= 0.6 is 27.3 Å². The second-order valence-electron chi connectivity index (χ2n) is 6.21. The van der Waals surface area contributed by atoms with Gasteiger partial charge in [0, 0.05) is 25.2 Å². The molecule has 0 radical (unpaired) electrons. The third kappa shape index (κ3) is 3.60. The maximum atomic E-state index is 3.87. The first kappa shape index (κ1) is 14.1. The number of nitrogens with zero attached hydrogens (tertiary/aromatic N) is 1. The Hall–Kier alpha value is 0.1000. The molecule has 0 spiro atoms. The van der Waals surface area contributed by atoms with Gasteiger partial charge in [-0.25, -0.2) is 0 Å². The van der Waals surface area contributed by atoms with E-state index in [4.69, 9.17) is 0 Å². The lowest BCUT2D eigenvalue weighted by Crippen LogP contribution is -2.39. The number of hydrogen-bond acceptors (Lipinski definition) is 3. The fraction of sp³-hybridized carbons (Fsp3) is 0.733. The molecule has 3 unspecified atom stereocenters. The van der Waals surface area contributed by atoms with Crippen molar-refractivity contribution in [3.05, 3.63) is 20.8 Å². The number of likely N-dealkylation sites (N-methyl/N-ethyl adjacent to an activating group) is 1. The Morgan fingerprint density at radius 2 is 2.26 bits per heavy atom. The molecule has 1 saturated carbocycles. The monoisotopic (exact) mass is 342 g/mol. The van der Waals surface area contributed by atoms with Crippen molar-refractivity contribution >= 4 is 27.3 Å². The van der Waals surface area contributed by atoms with Crippen molar-refractivity contribution in [2.45, 2.75) is 50.7 Å². The van der Waals surface area contributed by atoms with Crippen molar-refractivity contribution in [1.29, 1.82) is 0 Å². The van der Waals surface area contributed by atoms with Crippen molar-refractivity contribution in [3.8, 4) is 0 Å². The van der Waals surface area contributed by atoms with Crippen LogP contribution in [0.4, 0.5) is 0 Å². The van der Waals surface area contributed by atoms with Crippen molar-refractivity contribution in [1.82, 2.24) is 10.2 Å². The van der Waals surface area contributed by atoms with E-state index in [1.54, 1.807) is 11.3 Å². The second kappa shape index (κ2) is 6.25. The Morgan fingerprint density at radius 1 is 1.42 bits per heavy atom. The van der Waals surface area contributed by atoms with E-state index in [0.717, 1.165) is 18.5 Å². The highest BCUT2D eigenvalue weighted by molar-refractivity contribution is 9.11. The van der Waals surface area contributed by atoms with Crippen molar-refractivity contribution in [2.24, 2.45) is 5.92 Å². The zero-order chi connectivity index (χ0) is 13.2. The van der Waals surface area contributed by atoms with Gasteiger partial charge in [-0.3, -0.25) is 0 Å². The van der Waals surface area contributed by atoms with E-state index in [2.05, 4.69) is 44.6 Å². The van der Waals surface area contributed by atoms with Crippen LogP contribution in [0.25, 0.3) is 0 Å². The lowest BCUT2D eigenvalue weighted by Gasteiger charge is -2.24. The smallest absolute Gasteiger partial charge is 0.0701 e. The zero-order valence-electron chi connectivity index (χ0n) is 11.6. The van der Waals surface area contributed by atoms with E-state index in [-0.39, 0.29) is 0 Å². The molecule has 1 aromatic heterocycles. The number of thiophene rings is 1. The van der Waals surface area contributed by atoms with Crippen molar-refractivity contribution < 1.29 is 0 Å². The molecule has 1 aliphatic heterocycles. The van der Waals surface area contributed by atoms with E-state index in [1.165, 1.54) is 48.0 Å². The van der Waals surface area contributed by atoms with Crippen molar-refractivity contribution in [2.75, 3.05) is 13.6 Å². The van der Waals surface area contributed by atoms with Crippen LogP contribution in [0, 0.1) is 5.92 Å². The number of halogens is 1. The Kier molecular flexibility index (Phi) is 4.62. The molecule has 1 saturated heterocycles. The number of nitrogens with one attached hydrogen (secondary N) is 1. The van der Waals surface area contributed by atoms with Crippen LogP contribution in [0.1, 0.15) is 37.7 Å². The predicted molar refractivity (Wildman–Crippen MR) is 85.6 cm³/mol. The van der Waals surface area contributed by atoms with Gasteiger partial charge in [0.1, 0.15) is 0 Å². The summed E-state index contributed by atoms with van der Waals surface area (Å²) >= 11 is 5.32. The van der Waals surface area contributed by atoms with Gasteiger partial charge in [-0.05, 0) is 65.2 Å². The summed E-state index contributed by atoms with van der Waals surface area (Å²) in [6.45, 7) is 2.25. The highest BCUT2D eigenvalue weighted by Gasteiger charge is 2.35. The molecule has 0 aromatic carbocycles. The molecule has 2 heterocycles. The number of fused-ring (bicyclic) bond motifs is 1. The SMILES string of the molecule is CN(Cc1csc(Br)c1)CC1CC2CCCCC2N1. The summed E-state index contributed by atoms with van der Waals surface area (Å²) in [6.07, 6.45) is 7.13. The van der Waals surface area contributed by atoms with Gasteiger partial charge in [-0.15, -0.1) is 11.3 Å². The summed E-state index contributed by atoms with van der Waals surface area (Å²) < 4.78 is 1.24. The van der Waals surface area contributed by atoms with Crippen LogP contribution in [0.3, 0.4) is 0 Å². The molecule has 1 N–H and O–H groups in total. The minimum atomic E-state index is 0.708. The van der Waals surface area contributed by atoms with Crippen LogP contribution in [0.5, 0.6) is 0 Å². The molecule has 1 aliphatic carbocycles. The molecule has 3 rings (SSSR count). The molecular weight excluding hydrogens is 320 g/mol. The van der Waals surface area contributed by atoms with Gasteiger partial charge in [0.25, 0.3) is 0 Å². The van der Waals surface area contributed by atoms with Gasteiger partial charge in [0.15, 0.2) is 0 Å². The van der Waals surface area contributed by atoms with Crippen LogP contribution < -0.4 is 5.32 Å².